The molecule has 146 valence electrons. The minimum absolute atomic E-state index is 0.0542. The summed E-state index contributed by atoms with van der Waals surface area (Å²) in [6.07, 6.45) is -4.50. The first-order valence-electron chi connectivity index (χ1n) is 7.99. The van der Waals surface area contributed by atoms with Gasteiger partial charge in [0.25, 0.3) is 5.91 Å². The summed E-state index contributed by atoms with van der Waals surface area (Å²) in [6.45, 7) is 1.56. The molecule has 0 bridgehead atoms. The molecule has 0 aliphatic rings. The number of para-hydroxylation sites is 1. The highest BCUT2D eigenvalue weighted by molar-refractivity contribution is 14.1. The number of nitrogens with zero attached hydrogens (tertiary/aromatic N) is 3. The van der Waals surface area contributed by atoms with Gasteiger partial charge in [-0.1, -0.05) is 23.4 Å². The first-order valence-corrected chi connectivity index (χ1v) is 9.07. The summed E-state index contributed by atoms with van der Waals surface area (Å²) >= 11 is 1.97. The molecule has 3 rings (SSSR count). The maximum Gasteiger partial charge on any atom is 0.393 e. The Hall–Kier alpha value is -2.63. The molecule has 0 aliphatic heterocycles. The van der Waals surface area contributed by atoms with E-state index in [2.05, 4.69) is 10.1 Å². The smallest absolute Gasteiger partial charge is 0.383 e. The van der Waals surface area contributed by atoms with Crippen molar-refractivity contribution in [2.75, 3.05) is 10.6 Å². The lowest BCUT2D eigenvalue weighted by Crippen LogP contribution is -2.29. The minimum Gasteiger partial charge on any atom is -0.383 e. The largest absolute Gasteiger partial charge is 0.393 e. The number of hydrogen-bond donors (Lipinski definition) is 1. The molecule has 0 saturated heterocycles. The lowest BCUT2D eigenvalue weighted by molar-refractivity contribution is -0.127. The van der Waals surface area contributed by atoms with E-state index < -0.39 is 18.5 Å². The van der Waals surface area contributed by atoms with Gasteiger partial charge in [-0.3, -0.25) is 9.69 Å². The highest BCUT2D eigenvalue weighted by Crippen LogP contribution is 2.34. The Kier molecular flexibility index (Phi) is 5.59. The first-order chi connectivity index (χ1) is 13.2. The SMILES string of the molecule is Cc1nocc1C(=O)N(c1ccc(I)c(N)n1)c1ccccc1CC(F)(F)F. The summed E-state index contributed by atoms with van der Waals surface area (Å²) in [7, 11) is 0. The van der Waals surface area contributed by atoms with Gasteiger partial charge in [0.1, 0.15) is 23.5 Å². The van der Waals surface area contributed by atoms with Gasteiger partial charge in [-0.15, -0.1) is 0 Å². The van der Waals surface area contributed by atoms with E-state index in [-0.39, 0.29) is 28.5 Å². The Labute approximate surface area is 171 Å². The molecule has 3 aromatic rings. The van der Waals surface area contributed by atoms with Crippen LogP contribution in [0.2, 0.25) is 0 Å². The molecule has 1 amide bonds. The zero-order chi connectivity index (χ0) is 20.5. The molecule has 2 aromatic heterocycles. The Morgan fingerprint density at radius 3 is 2.57 bits per heavy atom. The van der Waals surface area contributed by atoms with E-state index in [1.165, 1.54) is 24.3 Å². The molecule has 0 radical (unpaired) electrons. The summed E-state index contributed by atoms with van der Waals surface area (Å²) in [4.78, 5) is 18.5. The first kappa shape index (κ1) is 20.1. The fraction of sp³-hybridized carbons (Fsp3) is 0.167. The Morgan fingerprint density at radius 1 is 1.25 bits per heavy atom. The number of amides is 1. The van der Waals surface area contributed by atoms with E-state index in [4.69, 9.17) is 10.3 Å². The Balaban J connectivity index is 2.19. The van der Waals surface area contributed by atoms with Crippen molar-refractivity contribution in [3.05, 3.63) is 63.1 Å². The highest BCUT2D eigenvalue weighted by atomic mass is 127. The minimum atomic E-state index is -4.45. The van der Waals surface area contributed by atoms with Crippen LogP contribution < -0.4 is 10.6 Å². The number of halogens is 4. The van der Waals surface area contributed by atoms with Gasteiger partial charge in [0.05, 0.1) is 21.4 Å². The predicted molar refractivity (Wildman–Crippen MR) is 105 cm³/mol. The van der Waals surface area contributed by atoms with Gasteiger partial charge in [0, 0.05) is 0 Å². The fourth-order valence-electron chi connectivity index (χ4n) is 2.62. The van der Waals surface area contributed by atoms with Gasteiger partial charge in [-0.25, -0.2) is 4.98 Å². The van der Waals surface area contributed by atoms with Gasteiger partial charge in [-0.05, 0) is 53.3 Å². The van der Waals surface area contributed by atoms with Crippen LogP contribution in [0.1, 0.15) is 21.6 Å². The number of nitrogens with two attached hydrogens (primary N) is 1. The van der Waals surface area contributed by atoms with Gasteiger partial charge in [0.2, 0.25) is 0 Å². The van der Waals surface area contributed by atoms with Crippen molar-refractivity contribution in [3.63, 3.8) is 0 Å². The van der Waals surface area contributed by atoms with Crippen molar-refractivity contribution in [2.45, 2.75) is 19.5 Å². The van der Waals surface area contributed by atoms with E-state index >= 15 is 0 Å². The second-order valence-corrected chi connectivity index (χ2v) is 7.07. The molecule has 2 N–H and O–H groups in total. The summed E-state index contributed by atoms with van der Waals surface area (Å²) in [5, 5.41) is 3.67. The van der Waals surface area contributed by atoms with E-state index in [1.807, 2.05) is 22.6 Å². The molecule has 0 saturated carbocycles. The second-order valence-electron chi connectivity index (χ2n) is 5.91. The molecule has 10 heteroatoms. The standard InChI is InChI=1S/C18H14F3IN4O2/c1-10-12(9-28-25-10)17(27)26(15-7-6-13(22)16(23)24-15)14-5-3-2-4-11(14)8-18(19,20)21/h2-7,9H,8H2,1H3,(H2,23,24). The van der Waals surface area contributed by atoms with Crippen molar-refractivity contribution >= 4 is 45.8 Å². The monoisotopic (exact) mass is 502 g/mol. The number of benzene rings is 1. The number of carbonyl (C=O) groups is 1. The molecule has 0 spiro atoms. The number of anilines is 3. The van der Waals surface area contributed by atoms with Crippen molar-refractivity contribution in [2.24, 2.45) is 0 Å². The summed E-state index contributed by atoms with van der Waals surface area (Å²) in [5.41, 5.74) is 6.26. The van der Waals surface area contributed by atoms with Crippen LogP contribution >= 0.6 is 22.6 Å². The number of pyridine rings is 1. The maximum absolute atomic E-state index is 13.2. The molecular formula is C18H14F3IN4O2. The predicted octanol–water partition coefficient (Wildman–Crippen LogP) is 4.65. The van der Waals surface area contributed by atoms with Gasteiger partial charge in [-0.2, -0.15) is 13.2 Å². The fourth-order valence-corrected chi connectivity index (χ4v) is 2.92. The zero-order valence-electron chi connectivity index (χ0n) is 14.5. The van der Waals surface area contributed by atoms with Crippen LogP contribution in [0.5, 0.6) is 0 Å². The van der Waals surface area contributed by atoms with Gasteiger partial charge < -0.3 is 10.3 Å². The molecule has 0 atom stereocenters. The second kappa shape index (κ2) is 7.78. The number of nitrogen functional groups attached to an aromatic ring is 1. The summed E-state index contributed by atoms with van der Waals surface area (Å²) < 4.78 is 44.7. The average molecular weight is 502 g/mol. The summed E-state index contributed by atoms with van der Waals surface area (Å²) in [5.74, 6) is -0.370. The Bertz CT molecular complexity index is 1020. The van der Waals surface area contributed by atoms with Crippen LogP contribution in [0.3, 0.4) is 0 Å². The van der Waals surface area contributed by atoms with Crippen LogP contribution in [-0.4, -0.2) is 22.2 Å². The van der Waals surface area contributed by atoms with E-state index in [9.17, 15) is 18.0 Å². The normalized spacial score (nSPS) is 11.5. The Morgan fingerprint density at radius 2 is 1.96 bits per heavy atom. The van der Waals surface area contributed by atoms with Crippen molar-refractivity contribution in [1.29, 1.82) is 0 Å². The maximum atomic E-state index is 13.2. The molecule has 2 heterocycles. The van der Waals surface area contributed by atoms with E-state index in [1.54, 1.807) is 19.1 Å². The third kappa shape index (κ3) is 4.26. The quantitative estimate of drug-likeness (QED) is 0.526. The average Bonchev–Trinajstić information content (AvgIpc) is 3.04. The van der Waals surface area contributed by atoms with Crippen molar-refractivity contribution in [3.8, 4) is 0 Å². The summed E-state index contributed by atoms with van der Waals surface area (Å²) in [6, 6.07) is 8.92. The van der Waals surface area contributed by atoms with Crippen LogP contribution in [-0.2, 0) is 6.42 Å². The number of alkyl halides is 3. The van der Waals surface area contributed by atoms with Crippen molar-refractivity contribution in [1.82, 2.24) is 10.1 Å². The molecule has 0 unspecified atom stereocenters. The van der Waals surface area contributed by atoms with Crippen LogP contribution in [0.4, 0.5) is 30.5 Å². The van der Waals surface area contributed by atoms with Crippen LogP contribution in [0.25, 0.3) is 0 Å². The third-order valence-corrected chi connectivity index (χ3v) is 4.81. The van der Waals surface area contributed by atoms with Gasteiger partial charge in [0.15, 0.2) is 0 Å². The van der Waals surface area contributed by atoms with Crippen LogP contribution in [0, 0.1) is 10.5 Å². The van der Waals surface area contributed by atoms with Crippen LogP contribution in [0.15, 0.2) is 47.2 Å². The molecule has 1 aromatic carbocycles. The lowest BCUT2D eigenvalue weighted by atomic mass is 10.1. The third-order valence-electron chi connectivity index (χ3n) is 3.89. The number of aryl methyl sites for hydroxylation is 1. The molecular weight excluding hydrogens is 488 g/mol. The highest BCUT2D eigenvalue weighted by Gasteiger charge is 2.32. The van der Waals surface area contributed by atoms with E-state index in [0.29, 0.717) is 9.26 Å². The zero-order valence-corrected chi connectivity index (χ0v) is 16.7. The molecule has 28 heavy (non-hydrogen) atoms. The molecule has 6 nitrogen and oxygen atoms in total. The topological polar surface area (TPSA) is 85.2 Å². The number of carbonyl (C=O) groups excluding carboxylic acids is 1. The number of hydrogen-bond acceptors (Lipinski definition) is 5. The van der Waals surface area contributed by atoms with Crippen molar-refractivity contribution < 1.29 is 22.5 Å². The molecule has 0 aliphatic carbocycles. The lowest BCUT2D eigenvalue weighted by Gasteiger charge is -2.25. The molecule has 0 fully saturated rings. The number of rotatable bonds is 4. The van der Waals surface area contributed by atoms with Gasteiger partial charge >= 0.3 is 6.18 Å². The number of aromatic nitrogens is 2. The van der Waals surface area contributed by atoms with E-state index in [0.717, 1.165) is 11.2 Å².